The number of nitrogens with one attached hydrogen (secondary N) is 1. The van der Waals surface area contributed by atoms with Crippen molar-refractivity contribution in [1.29, 1.82) is 0 Å². The molecule has 1 saturated heterocycles. The number of aromatic hydroxyl groups is 1. The first-order chi connectivity index (χ1) is 9.63. The number of amidine groups is 1. The van der Waals surface area contributed by atoms with Gasteiger partial charge >= 0.3 is 0 Å². The first-order valence-corrected chi connectivity index (χ1v) is 6.97. The van der Waals surface area contributed by atoms with Crippen LogP contribution in [0.2, 0.25) is 0 Å². The lowest BCUT2D eigenvalue weighted by Gasteiger charge is -2.02. The van der Waals surface area contributed by atoms with E-state index in [2.05, 4.69) is 15.5 Å². The van der Waals surface area contributed by atoms with Crippen LogP contribution in [0.4, 0.5) is 0 Å². The van der Waals surface area contributed by atoms with E-state index in [4.69, 9.17) is 4.74 Å². The zero-order chi connectivity index (χ0) is 14.5. The molecule has 1 heterocycles. The molecule has 1 aromatic carbocycles. The second-order valence-corrected chi connectivity index (χ2v) is 5.28. The number of amides is 1. The molecule has 1 atom stereocenters. The Morgan fingerprint density at radius 2 is 2.35 bits per heavy atom. The molecule has 0 spiro atoms. The SMILES string of the molecule is CC[C@H]1S/C(=N\N=C/c2ccc(O)c(OC)c2)NC1=O. The summed E-state index contributed by atoms with van der Waals surface area (Å²) in [6.07, 6.45) is 2.29. The van der Waals surface area contributed by atoms with E-state index in [1.165, 1.54) is 31.2 Å². The number of rotatable bonds is 4. The number of phenolic OH excluding ortho intramolecular Hbond substituents is 1. The summed E-state index contributed by atoms with van der Waals surface area (Å²) in [6.45, 7) is 1.95. The molecule has 0 bridgehead atoms. The minimum Gasteiger partial charge on any atom is -0.504 e. The maximum atomic E-state index is 11.5. The molecule has 0 aliphatic carbocycles. The summed E-state index contributed by atoms with van der Waals surface area (Å²) in [4.78, 5) is 11.5. The van der Waals surface area contributed by atoms with Gasteiger partial charge in [-0.25, -0.2) is 0 Å². The van der Waals surface area contributed by atoms with Crippen molar-refractivity contribution < 1.29 is 14.6 Å². The van der Waals surface area contributed by atoms with E-state index in [0.29, 0.717) is 10.9 Å². The van der Waals surface area contributed by atoms with Crippen molar-refractivity contribution in [3.63, 3.8) is 0 Å². The number of phenols is 1. The van der Waals surface area contributed by atoms with Crippen LogP contribution in [0.25, 0.3) is 0 Å². The molecule has 1 aliphatic heterocycles. The number of thioether (sulfide) groups is 1. The van der Waals surface area contributed by atoms with E-state index < -0.39 is 0 Å². The first-order valence-electron chi connectivity index (χ1n) is 6.09. The van der Waals surface area contributed by atoms with Gasteiger partial charge in [0.25, 0.3) is 0 Å². The summed E-state index contributed by atoms with van der Waals surface area (Å²) in [5, 5.41) is 20.4. The lowest BCUT2D eigenvalue weighted by molar-refractivity contribution is -0.118. The molecule has 0 unspecified atom stereocenters. The van der Waals surface area contributed by atoms with Crippen LogP contribution in [0.3, 0.4) is 0 Å². The first kappa shape index (κ1) is 14.4. The van der Waals surface area contributed by atoms with E-state index in [1.807, 2.05) is 6.92 Å². The minimum absolute atomic E-state index is 0.0299. The molecule has 0 aromatic heterocycles. The fourth-order valence-electron chi connectivity index (χ4n) is 1.64. The average Bonchev–Trinajstić information content (AvgIpc) is 2.81. The van der Waals surface area contributed by atoms with E-state index >= 15 is 0 Å². The van der Waals surface area contributed by atoms with Gasteiger partial charge in [0.2, 0.25) is 5.91 Å². The second-order valence-electron chi connectivity index (χ2n) is 4.09. The van der Waals surface area contributed by atoms with Gasteiger partial charge in [0.15, 0.2) is 16.7 Å². The molecule has 1 aliphatic rings. The number of carbonyl (C=O) groups is 1. The van der Waals surface area contributed by atoms with Crippen molar-refractivity contribution >= 4 is 29.1 Å². The maximum absolute atomic E-state index is 11.5. The molecule has 1 aromatic rings. The third-order valence-corrected chi connectivity index (χ3v) is 3.95. The van der Waals surface area contributed by atoms with Crippen LogP contribution >= 0.6 is 11.8 Å². The Kier molecular flexibility index (Phi) is 4.62. The van der Waals surface area contributed by atoms with Crippen molar-refractivity contribution in [3.05, 3.63) is 23.8 Å². The molecule has 1 amide bonds. The fraction of sp³-hybridized carbons (Fsp3) is 0.308. The highest BCUT2D eigenvalue weighted by Gasteiger charge is 2.28. The number of hydrogen-bond acceptors (Lipinski definition) is 6. The van der Waals surface area contributed by atoms with Crippen LogP contribution in [-0.4, -0.2) is 34.8 Å². The lowest BCUT2D eigenvalue weighted by Crippen LogP contribution is -2.24. The topological polar surface area (TPSA) is 83.3 Å². The Hall–Kier alpha value is -2.02. The fourth-order valence-corrected chi connectivity index (χ4v) is 2.50. The maximum Gasteiger partial charge on any atom is 0.239 e. The number of hydrogen-bond donors (Lipinski definition) is 2. The highest BCUT2D eigenvalue weighted by molar-refractivity contribution is 8.15. The van der Waals surface area contributed by atoms with E-state index in [-0.39, 0.29) is 16.9 Å². The van der Waals surface area contributed by atoms with E-state index in [9.17, 15) is 9.90 Å². The van der Waals surface area contributed by atoms with Crippen molar-refractivity contribution in [3.8, 4) is 11.5 Å². The second kappa shape index (κ2) is 6.42. The number of benzene rings is 1. The number of ether oxygens (including phenoxy) is 1. The van der Waals surface area contributed by atoms with E-state index in [0.717, 1.165) is 12.0 Å². The van der Waals surface area contributed by atoms with Gasteiger partial charge in [0.05, 0.1) is 18.6 Å². The lowest BCUT2D eigenvalue weighted by atomic mass is 10.2. The predicted molar refractivity (Wildman–Crippen MR) is 79.5 cm³/mol. The van der Waals surface area contributed by atoms with Gasteiger partial charge in [0.1, 0.15) is 0 Å². The van der Waals surface area contributed by atoms with Crippen LogP contribution in [0.5, 0.6) is 11.5 Å². The molecule has 0 radical (unpaired) electrons. The molecule has 106 valence electrons. The largest absolute Gasteiger partial charge is 0.504 e. The normalized spacial score (nSPS) is 20.6. The monoisotopic (exact) mass is 293 g/mol. The predicted octanol–water partition coefficient (Wildman–Crippen LogP) is 1.73. The summed E-state index contributed by atoms with van der Waals surface area (Å²) in [5.41, 5.74) is 0.741. The summed E-state index contributed by atoms with van der Waals surface area (Å²) in [6, 6.07) is 4.86. The Bertz CT molecular complexity index is 572. The Labute approximate surface area is 120 Å². The summed E-state index contributed by atoms with van der Waals surface area (Å²) in [5.74, 6) is 0.411. The van der Waals surface area contributed by atoms with E-state index in [1.54, 1.807) is 12.1 Å². The minimum atomic E-state index is -0.0854. The molecule has 6 nitrogen and oxygen atoms in total. The molecule has 0 saturated carbocycles. The third kappa shape index (κ3) is 3.30. The summed E-state index contributed by atoms with van der Waals surface area (Å²) in [7, 11) is 1.48. The molecule has 20 heavy (non-hydrogen) atoms. The molecule has 7 heteroatoms. The molecule has 1 fully saturated rings. The Morgan fingerprint density at radius 1 is 1.55 bits per heavy atom. The Balaban J connectivity index is 2.05. The third-order valence-electron chi connectivity index (χ3n) is 2.71. The van der Waals surface area contributed by atoms with Gasteiger partial charge in [-0.1, -0.05) is 18.7 Å². The highest BCUT2D eigenvalue weighted by atomic mass is 32.2. The van der Waals surface area contributed by atoms with Gasteiger partial charge in [-0.05, 0) is 30.2 Å². The molecule has 2 rings (SSSR count). The smallest absolute Gasteiger partial charge is 0.239 e. The Morgan fingerprint density at radius 3 is 3.00 bits per heavy atom. The van der Waals surface area contributed by atoms with Crippen LogP contribution in [0.15, 0.2) is 28.4 Å². The quantitative estimate of drug-likeness (QED) is 0.654. The number of methoxy groups -OCH3 is 1. The van der Waals surface area contributed by atoms with Crippen LogP contribution in [0.1, 0.15) is 18.9 Å². The number of carbonyl (C=O) groups excluding carboxylic acids is 1. The highest BCUT2D eigenvalue weighted by Crippen LogP contribution is 2.25. The molecular formula is C13H15N3O3S. The summed E-state index contributed by atoms with van der Waals surface area (Å²) < 4.78 is 5.00. The molecule has 2 N–H and O–H groups in total. The van der Waals surface area contributed by atoms with Crippen LogP contribution in [0, 0.1) is 0 Å². The van der Waals surface area contributed by atoms with Crippen molar-refractivity contribution in [2.45, 2.75) is 18.6 Å². The van der Waals surface area contributed by atoms with Crippen molar-refractivity contribution in [1.82, 2.24) is 5.32 Å². The zero-order valence-corrected chi connectivity index (χ0v) is 12.0. The van der Waals surface area contributed by atoms with Gasteiger partial charge in [-0.15, -0.1) is 5.10 Å². The van der Waals surface area contributed by atoms with Crippen molar-refractivity contribution in [2.75, 3.05) is 7.11 Å². The van der Waals surface area contributed by atoms with Gasteiger partial charge in [-0.3, -0.25) is 4.79 Å². The van der Waals surface area contributed by atoms with Crippen molar-refractivity contribution in [2.24, 2.45) is 10.2 Å². The van der Waals surface area contributed by atoms with Crippen LogP contribution in [-0.2, 0) is 4.79 Å². The summed E-state index contributed by atoms with van der Waals surface area (Å²) >= 11 is 1.37. The number of nitrogens with zero attached hydrogens (tertiary/aromatic N) is 2. The van der Waals surface area contributed by atoms with Crippen LogP contribution < -0.4 is 10.1 Å². The zero-order valence-electron chi connectivity index (χ0n) is 11.2. The van der Waals surface area contributed by atoms with Gasteiger partial charge in [-0.2, -0.15) is 5.10 Å². The molecular weight excluding hydrogens is 278 g/mol. The van der Waals surface area contributed by atoms with Gasteiger partial charge < -0.3 is 15.2 Å². The standard InChI is InChI=1S/C13H15N3O3S/c1-3-11-12(18)15-13(20-11)16-14-7-8-4-5-9(17)10(6-8)19-2/h4-7,11,17H,3H2,1-2H3,(H,15,16,18)/b14-7-/t11-/m1/s1. The van der Waals surface area contributed by atoms with Gasteiger partial charge in [0, 0.05) is 0 Å². The average molecular weight is 293 g/mol.